The molecule has 4 nitrogen and oxygen atoms in total. The maximum atomic E-state index is 13.1. The molecule has 6 heteroatoms. The molecule has 1 aliphatic heterocycles. The van der Waals surface area contributed by atoms with Crippen molar-refractivity contribution in [2.75, 3.05) is 11.5 Å². The van der Waals surface area contributed by atoms with Crippen LogP contribution in [0.2, 0.25) is 0 Å². The highest BCUT2D eigenvalue weighted by molar-refractivity contribution is 8.15. The molecule has 1 heterocycles. The standard InChI is InChI=1S/C18H16N2O2S2/c19-18(21)15-9-23-16(20-15)10-24(22)17-13-7-3-1-5-11(13)12-6-2-4-8-14(12)17/h1-8,15,17H,9-10H2,(H2,19,21). The summed E-state index contributed by atoms with van der Waals surface area (Å²) in [5.41, 5.74) is 9.82. The number of aliphatic imine (C=N–C) groups is 1. The number of rotatable bonds is 4. The van der Waals surface area contributed by atoms with E-state index in [-0.39, 0.29) is 5.25 Å². The second-order valence-electron chi connectivity index (χ2n) is 5.83. The number of thioether (sulfide) groups is 1. The van der Waals surface area contributed by atoms with Gasteiger partial charge in [-0.2, -0.15) is 0 Å². The molecule has 0 saturated heterocycles. The zero-order chi connectivity index (χ0) is 16.7. The maximum Gasteiger partial charge on any atom is 0.243 e. The van der Waals surface area contributed by atoms with Crippen molar-refractivity contribution in [3.8, 4) is 11.1 Å². The quantitative estimate of drug-likeness (QED) is 0.915. The van der Waals surface area contributed by atoms with Gasteiger partial charge in [-0.25, -0.2) is 0 Å². The van der Waals surface area contributed by atoms with E-state index in [9.17, 15) is 9.00 Å². The number of benzene rings is 2. The average molecular weight is 356 g/mol. The molecule has 2 aliphatic rings. The molecule has 4 rings (SSSR count). The number of nitrogens with two attached hydrogens (primary N) is 1. The number of carbonyl (C=O) groups excluding carboxylic acids is 1. The van der Waals surface area contributed by atoms with Gasteiger partial charge in [0.1, 0.15) is 6.04 Å². The molecule has 1 amide bonds. The van der Waals surface area contributed by atoms with Gasteiger partial charge in [-0.3, -0.25) is 14.0 Å². The lowest BCUT2D eigenvalue weighted by molar-refractivity contribution is -0.118. The van der Waals surface area contributed by atoms with Gasteiger partial charge in [0.2, 0.25) is 5.91 Å². The number of hydrogen-bond acceptors (Lipinski definition) is 4. The van der Waals surface area contributed by atoms with Gasteiger partial charge in [-0.15, -0.1) is 11.8 Å². The SMILES string of the molecule is NC(=O)C1CSC(CS(=O)C2c3ccccc3-c3ccccc32)=N1. The Bertz CT molecular complexity index is 833. The Labute approximate surface area is 147 Å². The van der Waals surface area contributed by atoms with Crippen LogP contribution in [0.15, 0.2) is 53.5 Å². The first kappa shape index (κ1) is 15.6. The van der Waals surface area contributed by atoms with Crippen molar-refractivity contribution in [1.29, 1.82) is 0 Å². The molecular formula is C18H16N2O2S2. The molecule has 122 valence electrons. The van der Waals surface area contributed by atoms with Crippen molar-refractivity contribution >= 4 is 33.5 Å². The number of fused-ring (bicyclic) bond motifs is 3. The third kappa shape index (κ3) is 2.59. The summed E-state index contributed by atoms with van der Waals surface area (Å²) >= 11 is 1.48. The van der Waals surface area contributed by atoms with Gasteiger partial charge in [0, 0.05) is 16.6 Å². The van der Waals surface area contributed by atoms with Crippen molar-refractivity contribution in [1.82, 2.24) is 0 Å². The predicted molar refractivity (Wildman–Crippen MR) is 99.6 cm³/mol. The first-order valence-electron chi connectivity index (χ1n) is 7.69. The zero-order valence-corrected chi connectivity index (χ0v) is 14.5. The van der Waals surface area contributed by atoms with E-state index in [4.69, 9.17) is 5.73 Å². The van der Waals surface area contributed by atoms with E-state index in [0.717, 1.165) is 27.3 Å². The first-order chi connectivity index (χ1) is 11.6. The Balaban J connectivity index is 1.66. The van der Waals surface area contributed by atoms with E-state index in [1.54, 1.807) is 0 Å². The second-order valence-corrected chi connectivity index (χ2v) is 8.45. The lowest BCUT2D eigenvalue weighted by Gasteiger charge is -2.13. The summed E-state index contributed by atoms with van der Waals surface area (Å²) in [5.74, 6) is 0.501. The molecule has 2 aromatic carbocycles. The summed E-state index contributed by atoms with van der Waals surface area (Å²) in [6.45, 7) is 0. The van der Waals surface area contributed by atoms with Crippen LogP contribution in [0.4, 0.5) is 0 Å². The van der Waals surface area contributed by atoms with Crippen LogP contribution in [0.5, 0.6) is 0 Å². The Morgan fingerprint density at radius 3 is 2.25 bits per heavy atom. The maximum absolute atomic E-state index is 13.1. The largest absolute Gasteiger partial charge is 0.368 e. The highest BCUT2D eigenvalue weighted by atomic mass is 32.2. The lowest BCUT2D eigenvalue weighted by atomic mass is 10.1. The second kappa shape index (κ2) is 6.18. The summed E-state index contributed by atoms with van der Waals surface area (Å²) in [6, 6.07) is 15.8. The summed E-state index contributed by atoms with van der Waals surface area (Å²) in [7, 11) is -1.14. The highest BCUT2D eigenvalue weighted by Crippen LogP contribution is 2.46. The molecule has 2 atom stereocenters. The minimum absolute atomic E-state index is 0.145. The molecule has 0 saturated carbocycles. The highest BCUT2D eigenvalue weighted by Gasteiger charge is 2.34. The third-order valence-corrected chi connectivity index (χ3v) is 7.18. The topological polar surface area (TPSA) is 72.5 Å². The van der Waals surface area contributed by atoms with Crippen molar-refractivity contribution < 1.29 is 9.00 Å². The minimum atomic E-state index is -1.14. The van der Waals surface area contributed by atoms with Gasteiger partial charge in [-0.1, -0.05) is 48.5 Å². The minimum Gasteiger partial charge on any atom is -0.368 e. The number of carbonyl (C=O) groups is 1. The van der Waals surface area contributed by atoms with Gasteiger partial charge < -0.3 is 5.73 Å². The predicted octanol–water partition coefficient (Wildman–Crippen LogP) is 2.50. The molecule has 2 N–H and O–H groups in total. The molecule has 0 radical (unpaired) electrons. The lowest BCUT2D eigenvalue weighted by Crippen LogP contribution is -2.26. The smallest absolute Gasteiger partial charge is 0.243 e. The molecule has 24 heavy (non-hydrogen) atoms. The molecule has 2 unspecified atom stereocenters. The summed E-state index contributed by atoms with van der Waals surface area (Å²) in [6.07, 6.45) is 0. The molecule has 0 fully saturated rings. The van der Waals surface area contributed by atoms with Crippen LogP contribution in [-0.2, 0) is 15.6 Å². The van der Waals surface area contributed by atoms with Gasteiger partial charge in [0.25, 0.3) is 0 Å². The number of hydrogen-bond donors (Lipinski definition) is 1. The van der Waals surface area contributed by atoms with Crippen molar-refractivity contribution in [2.45, 2.75) is 11.3 Å². The fourth-order valence-corrected chi connectivity index (χ4v) is 6.18. The monoisotopic (exact) mass is 356 g/mol. The molecular weight excluding hydrogens is 340 g/mol. The number of nitrogens with zero attached hydrogens (tertiary/aromatic N) is 1. The molecule has 2 aromatic rings. The van der Waals surface area contributed by atoms with Crippen LogP contribution in [0.3, 0.4) is 0 Å². The van der Waals surface area contributed by atoms with E-state index < -0.39 is 22.7 Å². The van der Waals surface area contributed by atoms with Gasteiger partial charge >= 0.3 is 0 Å². The van der Waals surface area contributed by atoms with Crippen LogP contribution < -0.4 is 5.73 Å². The van der Waals surface area contributed by atoms with Crippen LogP contribution in [0, 0.1) is 0 Å². The number of amides is 1. The summed E-state index contributed by atoms with van der Waals surface area (Å²) in [5, 5.41) is 0.618. The van der Waals surface area contributed by atoms with Crippen LogP contribution in [-0.4, -0.2) is 32.7 Å². The molecule has 0 spiro atoms. The Hall–Kier alpha value is -1.92. The normalized spacial score (nSPS) is 20.3. The first-order valence-corrected chi connectivity index (χ1v) is 10.1. The Morgan fingerprint density at radius 2 is 1.71 bits per heavy atom. The fourth-order valence-electron chi connectivity index (χ4n) is 3.25. The van der Waals surface area contributed by atoms with E-state index in [2.05, 4.69) is 17.1 Å². The van der Waals surface area contributed by atoms with Gasteiger partial charge in [-0.05, 0) is 22.3 Å². The third-order valence-electron chi connectivity index (χ3n) is 4.34. The van der Waals surface area contributed by atoms with E-state index in [1.807, 2.05) is 36.4 Å². The van der Waals surface area contributed by atoms with Gasteiger partial charge in [0.15, 0.2) is 0 Å². The Morgan fingerprint density at radius 1 is 1.12 bits per heavy atom. The van der Waals surface area contributed by atoms with Crippen LogP contribution in [0.25, 0.3) is 11.1 Å². The van der Waals surface area contributed by atoms with Crippen molar-refractivity contribution in [2.24, 2.45) is 10.7 Å². The van der Waals surface area contributed by atoms with Gasteiger partial charge in [0.05, 0.1) is 16.0 Å². The zero-order valence-electron chi connectivity index (χ0n) is 12.8. The van der Waals surface area contributed by atoms with Crippen LogP contribution in [0.1, 0.15) is 16.4 Å². The van der Waals surface area contributed by atoms with Crippen LogP contribution >= 0.6 is 11.8 Å². The van der Waals surface area contributed by atoms with Crippen molar-refractivity contribution in [3.05, 3.63) is 59.7 Å². The molecule has 0 bridgehead atoms. The fraction of sp³-hybridized carbons (Fsp3) is 0.222. The number of primary amides is 1. The molecule has 1 aliphatic carbocycles. The Kier molecular flexibility index (Phi) is 4.02. The van der Waals surface area contributed by atoms with E-state index in [1.165, 1.54) is 11.8 Å². The van der Waals surface area contributed by atoms with E-state index >= 15 is 0 Å². The summed E-state index contributed by atoms with van der Waals surface area (Å²) in [4.78, 5) is 15.6. The van der Waals surface area contributed by atoms with E-state index in [0.29, 0.717) is 11.5 Å². The summed E-state index contributed by atoms with van der Waals surface area (Å²) < 4.78 is 13.1. The average Bonchev–Trinajstić information content (AvgIpc) is 3.17. The molecule has 0 aromatic heterocycles. The van der Waals surface area contributed by atoms with Crippen molar-refractivity contribution in [3.63, 3.8) is 0 Å².